The van der Waals surface area contributed by atoms with E-state index in [0.29, 0.717) is 52.3 Å². The van der Waals surface area contributed by atoms with Crippen molar-refractivity contribution in [3.05, 3.63) is 111 Å². The van der Waals surface area contributed by atoms with E-state index >= 15 is 0 Å². The predicted octanol–water partition coefficient (Wildman–Crippen LogP) is 15.1. The van der Waals surface area contributed by atoms with Crippen LogP contribution in [-0.4, -0.2) is 58.2 Å². The second-order valence-corrected chi connectivity index (χ2v) is 20.7. The van der Waals surface area contributed by atoms with Crippen LogP contribution in [0.1, 0.15) is 175 Å². The summed E-state index contributed by atoms with van der Waals surface area (Å²) in [6.07, 6.45) is 16.0. The third-order valence-electron chi connectivity index (χ3n) is 13.7. The molecule has 0 spiro atoms. The molecule has 0 saturated heterocycles. The number of fused-ring (bicyclic) bond motifs is 1. The van der Waals surface area contributed by atoms with E-state index in [9.17, 15) is 36.3 Å². The van der Waals surface area contributed by atoms with Gasteiger partial charge in [-0.05, 0) is 136 Å². The molecule has 0 N–H and O–H groups in total. The van der Waals surface area contributed by atoms with Gasteiger partial charge < -0.3 is 4.57 Å². The molecule has 5 atom stereocenters. The molecular weight excluding hydrogens is 949 g/mol. The minimum atomic E-state index is -4.53. The monoisotopic (exact) mass is 1020 g/mol. The summed E-state index contributed by atoms with van der Waals surface area (Å²) in [5, 5.41) is 4.37. The fourth-order valence-electron chi connectivity index (χ4n) is 7.98. The van der Waals surface area contributed by atoms with Crippen molar-refractivity contribution in [1.82, 2.24) is 28.7 Å². The molecule has 2 fully saturated rings. The van der Waals surface area contributed by atoms with Crippen LogP contribution in [0.4, 0.5) is 22.0 Å². The highest BCUT2D eigenvalue weighted by molar-refractivity contribution is 6.31. The zero-order valence-electron chi connectivity index (χ0n) is 44.2. The van der Waals surface area contributed by atoms with Gasteiger partial charge in [0.05, 0.1) is 17.9 Å². The van der Waals surface area contributed by atoms with Crippen LogP contribution in [0.25, 0.3) is 22.5 Å². The number of imidazole rings is 1. The smallest absolute Gasteiger partial charge is 0.312 e. The van der Waals surface area contributed by atoms with Crippen molar-refractivity contribution >= 4 is 40.2 Å². The molecule has 0 radical (unpaired) electrons. The summed E-state index contributed by atoms with van der Waals surface area (Å²) in [5.41, 5.74) is 4.88. The number of ketones is 2. The van der Waals surface area contributed by atoms with Crippen LogP contribution in [-0.2, 0) is 16.0 Å². The Balaban J connectivity index is 0.000000229. The Kier molecular flexibility index (Phi) is 21.9. The molecule has 394 valence electrons. The van der Waals surface area contributed by atoms with Crippen molar-refractivity contribution in [2.24, 2.45) is 28.2 Å². The number of nitrogens with zero attached hydrogens (tertiary/aromatic N) is 7. The third-order valence-corrected chi connectivity index (χ3v) is 14.0. The van der Waals surface area contributed by atoms with Crippen LogP contribution in [0.3, 0.4) is 0 Å². The number of benzene rings is 1. The van der Waals surface area contributed by atoms with Crippen LogP contribution in [0.5, 0.6) is 0 Å². The largest absolute Gasteiger partial charge is 0.432 e. The van der Waals surface area contributed by atoms with Crippen molar-refractivity contribution in [3.63, 3.8) is 0 Å². The van der Waals surface area contributed by atoms with E-state index in [-0.39, 0.29) is 34.6 Å². The van der Waals surface area contributed by atoms with Crippen molar-refractivity contribution in [2.45, 2.75) is 178 Å². The van der Waals surface area contributed by atoms with E-state index in [0.717, 1.165) is 65.3 Å². The molecular formula is C56H75ClF5N7O3. The second-order valence-electron chi connectivity index (χ2n) is 20.3. The van der Waals surface area contributed by atoms with Crippen molar-refractivity contribution < 1.29 is 31.5 Å². The van der Waals surface area contributed by atoms with Gasteiger partial charge in [-0.15, -0.1) is 0 Å². The molecule has 4 aromatic heterocycles. The summed E-state index contributed by atoms with van der Waals surface area (Å²) in [6, 6.07) is 9.40. The number of Topliss-reactive ketones (excluding diaryl/α,β-unsaturated/α-hetero) is 2. The number of rotatable bonds is 18. The molecule has 1 aromatic carbocycles. The lowest BCUT2D eigenvalue weighted by Crippen LogP contribution is -2.26. The number of aryl methyl sites for hydroxylation is 1. The van der Waals surface area contributed by atoms with E-state index in [4.69, 9.17) is 11.6 Å². The average molecular weight is 1020 g/mol. The maximum absolute atomic E-state index is 13.6. The molecule has 2 aliphatic carbocycles. The van der Waals surface area contributed by atoms with E-state index in [1.807, 2.05) is 65.3 Å². The minimum Gasteiger partial charge on any atom is -0.312 e. The fourth-order valence-corrected chi connectivity index (χ4v) is 8.30. The van der Waals surface area contributed by atoms with Crippen LogP contribution in [0, 0.1) is 30.1 Å². The van der Waals surface area contributed by atoms with Gasteiger partial charge in [0.2, 0.25) is 5.78 Å². The highest BCUT2D eigenvalue weighted by Gasteiger charge is 2.38. The highest BCUT2D eigenvalue weighted by atomic mass is 35.5. The first-order valence-corrected chi connectivity index (χ1v) is 25.7. The SMILES string of the molecule is CC(=O)C(C)Cc1cnn(C(F)F)c1.CCC(C)C(C)=O.CCC(CC(C)(C)CC)N=C(/C=C(\C)c1ccn(C2CC2)c(=O)c1)C(F)(F)F.CCC[C@@H]1CC1c1ccc(-c2cnc3nc(C)cn3c2)cc1Cl. The number of hydrogen-bond acceptors (Lipinski definition) is 7. The van der Waals surface area contributed by atoms with Crippen LogP contribution in [0.2, 0.25) is 5.02 Å². The number of aliphatic imine (C=N–C) groups is 1. The molecule has 10 nitrogen and oxygen atoms in total. The summed E-state index contributed by atoms with van der Waals surface area (Å²) in [6.45, 7) is 20.1. The first-order valence-electron chi connectivity index (χ1n) is 25.3. The normalized spacial score (nSPS) is 17.2. The fraction of sp³-hybridized carbons (Fsp3) is 0.554. The molecule has 72 heavy (non-hydrogen) atoms. The van der Waals surface area contributed by atoms with Gasteiger partial charge in [-0.2, -0.15) is 27.1 Å². The second kappa shape index (κ2) is 26.6. The zero-order valence-corrected chi connectivity index (χ0v) is 44.9. The summed E-state index contributed by atoms with van der Waals surface area (Å²) in [4.78, 5) is 46.4. The van der Waals surface area contributed by atoms with Crippen LogP contribution >= 0.6 is 11.6 Å². The zero-order chi connectivity index (χ0) is 53.7. The standard InChI is InChI=1S/C22H31F3N2O.C19H20ClN3.C9H12F2N2O.C6H12O/c1-6-17(14-21(4,5)7-2)26-19(22(23,24)25)12-15(3)16-10-11-27(18-8-9-18)20(28)13-16;1-3-4-14-7-17(14)16-6-5-13(8-18(16)20)15-9-21-19-22-12(2)10-23(19)11-15;1-6(7(2)14)3-8-4-12-13(5-8)9(10)11;1-4-5(2)6(3)7/h10-13,17-18H,6-9,14H2,1-5H3;5-6,8-11,14,17H,3-4,7H2,1-2H3;4-6,9H,3H2,1-2H3;5H,4H2,1-3H3/b15-12+,26-19?;;;/t;14-,17?;;/m.1../s1. The lowest BCUT2D eigenvalue weighted by atomic mass is 9.83. The van der Waals surface area contributed by atoms with E-state index < -0.39 is 24.5 Å². The van der Waals surface area contributed by atoms with Gasteiger partial charge in [0, 0.05) is 65.5 Å². The number of carbonyl (C=O) groups excluding carboxylic acids is 2. The lowest BCUT2D eigenvalue weighted by Gasteiger charge is -2.26. The maximum atomic E-state index is 13.6. The maximum Gasteiger partial charge on any atom is 0.432 e. The molecule has 0 bridgehead atoms. The Labute approximate surface area is 427 Å². The van der Waals surface area contributed by atoms with Crippen molar-refractivity contribution in [1.29, 1.82) is 0 Å². The number of allylic oxidation sites excluding steroid dienone is 2. The highest BCUT2D eigenvalue weighted by Crippen LogP contribution is 2.52. The van der Waals surface area contributed by atoms with Gasteiger partial charge in [0.25, 0.3) is 5.56 Å². The first-order chi connectivity index (χ1) is 33.8. The minimum absolute atomic E-state index is 0.0507. The van der Waals surface area contributed by atoms with Gasteiger partial charge in [0.1, 0.15) is 17.3 Å². The molecule has 2 saturated carbocycles. The molecule has 0 amide bonds. The Morgan fingerprint density at radius 3 is 2.11 bits per heavy atom. The number of pyridine rings is 1. The number of halogens is 6. The van der Waals surface area contributed by atoms with E-state index in [1.54, 1.807) is 37.6 Å². The van der Waals surface area contributed by atoms with Gasteiger partial charge in [0.15, 0.2) is 0 Å². The quantitative estimate of drug-likeness (QED) is 0.0637. The van der Waals surface area contributed by atoms with E-state index in [1.165, 1.54) is 50.2 Å². The molecule has 2 aliphatic rings. The van der Waals surface area contributed by atoms with Crippen LogP contribution in [0.15, 0.2) is 83.4 Å². The van der Waals surface area contributed by atoms with Crippen molar-refractivity contribution in [2.75, 3.05) is 0 Å². The Morgan fingerprint density at radius 1 is 0.917 bits per heavy atom. The van der Waals surface area contributed by atoms with Gasteiger partial charge in [-0.1, -0.05) is 98.4 Å². The number of carbonyl (C=O) groups is 2. The van der Waals surface area contributed by atoms with E-state index in [2.05, 4.69) is 51.4 Å². The summed E-state index contributed by atoms with van der Waals surface area (Å²) < 4.78 is 69.3. The number of alkyl halides is 5. The molecule has 16 heteroatoms. The molecule has 0 aliphatic heterocycles. The molecule has 4 heterocycles. The molecule has 5 aromatic rings. The number of aromatic nitrogens is 6. The van der Waals surface area contributed by atoms with Crippen molar-refractivity contribution in [3.8, 4) is 11.1 Å². The Hall–Kier alpha value is -5.31. The lowest BCUT2D eigenvalue weighted by molar-refractivity contribution is -0.121. The molecule has 7 rings (SSSR count). The summed E-state index contributed by atoms with van der Waals surface area (Å²) in [7, 11) is 0. The number of hydrogen-bond donors (Lipinski definition) is 0. The van der Waals surface area contributed by atoms with Gasteiger partial charge >= 0.3 is 12.7 Å². The summed E-state index contributed by atoms with van der Waals surface area (Å²) in [5.74, 6) is 2.68. The summed E-state index contributed by atoms with van der Waals surface area (Å²) >= 11 is 6.56. The third kappa shape index (κ3) is 18.0. The van der Waals surface area contributed by atoms with Crippen LogP contribution < -0.4 is 5.56 Å². The van der Waals surface area contributed by atoms with Gasteiger partial charge in [-0.25, -0.2) is 14.6 Å². The first kappa shape index (κ1) is 59.3. The Morgan fingerprint density at radius 2 is 1.60 bits per heavy atom. The Bertz CT molecular complexity index is 2700. The average Bonchev–Trinajstić information content (AvgIpc) is 4.23. The topological polar surface area (TPSA) is 117 Å². The molecule has 4 unspecified atom stereocenters. The van der Waals surface area contributed by atoms with Gasteiger partial charge in [-0.3, -0.25) is 23.8 Å². The predicted molar refractivity (Wildman–Crippen MR) is 280 cm³/mol.